The molecule has 2 heterocycles. The number of nitrogens with zero attached hydrogens (tertiary/aromatic N) is 1. The first-order valence-corrected chi connectivity index (χ1v) is 6.30. The number of pyridine rings is 1. The second-order valence-electron chi connectivity index (χ2n) is 4.52. The number of fused-ring (bicyclic) bond motifs is 1. The molecular formula is C14H14ClNO. The van der Waals surface area contributed by atoms with E-state index < -0.39 is 0 Å². The van der Waals surface area contributed by atoms with Crippen molar-refractivity contribution in [2.45, 2.75) is 25.9 Å². The molecule has 1 atom stereocenters. The van der Waals surface area contributed by atoms with Crippen molar-refractivity contribution < 1.29 is 4.74 Å². The van der Waals surface area contributed by atoms with Crippen LogP contribution in [0, 0.1) is 6.92 Å². The summed E-state index contributed by atoms with van der Waals surface area (Å²) in [6.07, 6.45) is 2.43. The van der Waals surface area contributed by atoms with Gasteiger partial charge in [-0.2, -0.15) is 0 Å². The van der Waals surface area contributed by atoms with Crippen molar-refractivity contribution in [2.24, 2.45) is 0 Å². The van der Waals surface area contributed by atoms with E-state index in [-0.39, 0.29) is 6.10 Å². The first-order chi connectivity index (χ1) is 8.24. The minimum atomic E-state index is 0.206. The van der Waals surface area contributed by atoms with E-state index in [0.29, 0.717) is 0 Å². The van der Waals surface area contributed by atoms with Gasteiger partial charge in [0.1, 0.15) is 0 Å². The van der Waals surface area contributed by atoms with Crippen LogP contribution in [-0.4, -0.2) is 11.6 Å². The van der Waals surface area contributed by atoms with Crippen LogP contribution in [-0.2, 0) is 4.74 Å². The zero-order chi connectivity index (χ0) is 11.8. The monoisotopic (exact) mass is 247 g/mol. The van der Waals surface area contributed by atoms with E-state index in [9.17, 15) is 0 Å². The van der Waals surface area contributed by atoms with Gasteiger partial charge in [0.25, 0.3) is 0 Å². The quantitative estimate of drug-likeness (QED) is 0.759. The number of aryl methyl sites for hydroxylation is 1. The normalized spacial score (nSPS) is 20.0. The minimum absolute atomic E-state index is 0.206. The number of ether oxygens (including phenoxy) is 1. The number of hydrogen-bond donors (Lipinski definition) is 0. The Labute approximate surface area is 106 Å². The van der Waals surface area contributed by atoms with Crippen LogP contribution in [0.3, 0.4) is 0 Å². The van der Waals surface area contributed by atoms with Crippen LogP contribution >= 0.6 is 11.6 Å². The molecule has 2 nitrogen and oxygen atoms in total. The fourth-order valence-electron chi connectivity index (χ4n) is 2.45. The predicted octanol–water partition coefficient (Wildman–Crippen LogP) is 4.05. The maximum atomic E-state index is 6.07. The van der Waals surface area contributed by atoms with Gasteiger partial charge in [-0.25, -0.2) is 0 Å². The van der Waals surface area contributed by atoms with Crippen LogP contribution in [0.2, 0.25) is 5.02 Å². The summed E-state index contributed by atoms with van der Waals surface area (Å²) in [4.78, 5) is 4.53. The summed E-state index contributed by atoms with van der Waals surface area (Å²) in [5.41, 5.74) is 3.26. The molecule has 88 valence electrons. The third kappa shape index (κ3) is 2.03. The Morgan fingerprint density at radius 1 is 1.35 bits per heavy atom. The Balaban J connectivity index is 2.23. The van der Waals surface area contributed by atoms with Crippen LogP contribution in [0.25, 0.3) is 10.9 Å². The average Bonchev–Trinajstić information content (AvgIpc) is 2.82. The van der Waals surface area contributed by atoms with E-state index in [1.807, 2.05) is 25.1 Å². The van der Waals surface area contributed by atoms with Crippen LogP contribution < -0.4 is 0 Å². The van der Waals surface area contributed by atoms with Gasteiger partial charge >= 0.3 is 0 Å². The molecule has 3 rings (SSSR count). The van der Waals surface area contributed by atoms with Crippen molar-refractivity contribution in [3.63, 3.8) is 0 Å². The molecule has 1 saturated heterocycles. The van der Waals surface area contributed by atoms with Gasteiger partial charge < -0.3 is 4.74 Å². The molecule has 0 N–H and O–H groups in total. The van der Waals surface area contributed by atoms with Crippen LogP contribution in [0.15, 0.2) is 24.3 Å². The molecule has 1 unspecified atom stereocenters. The third-order valence-electron chi connectivity index (χ3n) is 3.21. The highest BCUT2D eigenvalue weighted by Gasteiger charge is 2.20. The molecule has 0 amide bonds. The Kier molecular flexibility index (Phi) is 2.77. The summed E-state index contributed by atoms with van der Waals surface area (Å²) in [5, 5.41) is 1.87. The molecule has 0 aliphatic carbocycles. The Morgan fingerprint density at radius 2 is 2.24 bits per heavy atom. The topological polar surface area (TPSA) is 22.1 Å². The van der Waals surface area contributed by atoms with Crippen LogP contribution in [0.1, 0.15) is 30.2 Å². The van der Waals surface area contributed by atoms with Crippen molar-refractivity contribution >= 4 is 22.5 Å². The largest absolute Gasteiger partial charge is 0.374 e. The van der Waals surface area contributed by atoms with Crippen molar-refractivity contribution in [2.75, 3.05) is 6.61 Å². The molecule has 3 heteroatoms. The highest BCUT2D eigenvalue weighted by atomic mass is 35.5. The molecule has 2 aromatic rings. The standard InChI is InChI=1S/C14H14ClNO/c1-9-7-12(14-3-2-6-17-14)11-8-10(15)4-5-13(11)16-9/h4-5,7-8,14H,2-3,6H2,1H3. The lowest BCUT2D eigenvalue weighted by Crippen LogP contribution is -1.99. The first kappa shape index (κ1) is 11.0. The highest BCUT2D eigenvalue weighted by Crippen LogP contribution is 2.34. The zero-order valence-corrected chi connectivity index (χ0v) is 10.5. The molecule has 17 heavy (non-hydrogen) atoms. The molecular weight excluding hydrogens is 234 g/mol. The number of aromatic nitrogens is 1. The molecule has 0 bridgehead atoms. The van der Waals surface area contributed by atoms with Crippen molar-refractivity contribution in [1.82, 2.24) is 4.98 Å². The number of hydrogen-bond acceptors (Lipinski definition) is 2. The minimum Gasteiger partial charge on any atom is -0.374 e. The first-order valence-electron chi connectivity index (χ1n) is 5.92. The van der Waals surface area contributed by atoms with E-state index in [1.165, 1.54) is 5.56 Å². The highest BCUT2D eigenvalue weighted by molar-refractivity contribution is 6.31. The Morgan fingerprint density at radius 3 is 3.00 bits per heavy atom. The number of benzene rings is 1. The second-order valence-corrected chi connectivity index (χ2v) is 4.95. The molecule has 1 aliphatic rings. The fraction of sp³-hybridized carbons (Fsp3) is 0.357. The lowest BCUT2D eigenvalue weighted by molar-refractivity contribution is 0.113. The predicted molar refractivity (Wildman–Crippen MR) is 69.4 cm³/mol. The van der Waals surface area contributed by atoms with Gasteiger partial charge in [0.2, 0.25) is 0 Å². The maximum absolute atomic E-state index is 6.07. The molecule has 1 aromatic carbocycles. The van der Waals surface area contributed by atoms with E-state index in [2.05, 4.69) is 11.1 Å². The summed E-state index contributed by atoms with van der Waals surface area (Å²) in [7, 11) is 0. The molecule has 0 spiro atoms. The fourth-order valence-corrected chi connectivity index (χ4v) is 2.62. The van der Waals surface area contributed by atoms with E-state index in [4.69, 9.17) is 16.3 Å². The number of rotatable bonds is 1. The van der Waals surface area contributed by atoms with Gasteiger partial charge in [-0.05, 0) is 49.6 Å². The van der Waals surface area contributed by atoms with E-state index in [1.54, 1.807) is 0 Å². The van der Waals surface area contributed by atoms with E-state index in [0.717, 1.165) is 41.1 Å². The van der Waals surface area contributed by atoms with Crippen molar-refractivity contribution in [3.05, 3.63) is 40.5 Å². The van der Waals surface area contributed by atoms with Crippen molar-refractivity contribution in [3.8, 4) is 0 Å². The van der Waals surface area contributed by atoms with Crippen LogP contribution in [0.4, 0.5) is 0 Å². The van der Waals surface area contributed by atoms with Gasteiger partial charge in [0, 0.05) is 22.7 Å². The zero-order valence-electron chi connectivity index (χ0n) is 9.74. The Bertz CT molecular complexity index is 561. The molecule has 1 aromatic heterocycles. The third-order valence-corrected chi connectivity index (χ3v) is 3.44. The summed E-state index contributed by atoms with van der Waals surface area (Å²) < 4.78 is 5.77. The summed E-state index contributed by atoms with van der Waals surface area (Å²) >= 11 is 6.07. The Hall–Kier alpha value is -1.12. The SMILES string of the molecule is Cc1cc(C2CCCO2)c2cc(Cl)ccc2n1. The van der Waals surface area contributed by atoms with Crippen LogP contribution in [0.5, 0.6) is 0 Å². The smallest absolute Gasteiger partial charge is 0.0833 e. The van der Waals surface area contributed by atoms with Gasteiger partial charge in [-0.3, -0.25) is 4.98 Å². The summed E-state index contributed by atoms with van der Waals surface area (Å²) in [6, 6.07) is 7.97. The molecule has 0 radical (unpaired) electrons. The average molecular weight is 248 g/mol. The van der Waals surface area contributed by atoms with Gasteiger partial charge in [-0.15, -0.1) is 0 Å². The molecule has 1 aliphatic heterocycles. The van der Waals surface area contributed by atoms with Crippen molar-refractivity contribution in [1.29, 1.82) is 0 Å². The van der Waals surface area contributed by atoms with E-state index >= 15 is 0 Å². The summed E-state index contributed by atoms with van der Waals surface area (Å²) in [6.45, 7) is 2.88. The second kappa shape index (κ2) is 4.28. The number of halogens is 1. The summed E-state index contributed by atoms with van der Waals surface area (Å²) in [5.74, 6) is 0. The van der Waals surface area contributed by atoms with Gasteiger partial charge in [-0.1, -0.05) is 11.6 Å². The molecule has 1 fully saturated rings. The lowest BCUT2D eigenvalue weighted by Gasteiger charge is -2.14. The van der Waals surface area contributed by atoms with Gasteiger partial charge in [0.05, 0.1) is 11.6 Å². The maximum Gasteiger partial charge on any atom is 0.0833 e. The lowest BCUT2D eigenvalue weighted by atomic mass is 10.0. The van der Waals surface area contributed by atoms with Gasteiger partial charge in [0.15, 0.2) is 0 Å². The molecule has 0 saturated carbocycles.